The van der Waals surface area contributed by atoms with Crippen LogP contribution in [-0.2, 0) is 22.4 Å². The number of carbonyl (C=O) groups is 2. The van der Waals surface area contributed by atoms with Crippen LogP contribution in [0, 0.1) is 5.92 Å². The van der Waals surface area contributed by atoms with Gasteiger partial charge in [-0.05, 0) is 73.8 Å². The highest BCUT2D eigenvalue weighted by Gasteiger charge is 2.37. The van der Waals surface area contributed by atoms with Gasteiger partial charge in [0.1, 0.15) is 27.1 Å². The van der Waals surface area contributed by atoms with Gasteiger partial charge in [0.15, 0.2) is 23.9 Å². The fourth-order valence-corrected chi connectivity index (χ4v) is 7.48. The van der Waals surface area contributed by atoms with Crippen LogP contribution in [0.2, 0.25) is 10.0 Å². The lowest BCUT2D eigenvalue weighted by molar-refractivity contribution is -0.377. The first-order valence-electron chi connectivity index (χ1n) is 15.3. The van der Waals surface area contributed by atoms with Gasteiger partial charge in [0, 0.05) is 29.6 Å². The summed E-state index contributed by atoms with van der Waals surface area (Å²) in [6.07, 6.45) is 7.48. The molecule has 3 aromatic heterocycles. The van der Waals surface area contributed by atoms with Crippen molar-refractivity contribution in [2.24, 2.45) is 5.92 Å². The minimum absolute atomic E-state index is 0. The second-order valence-corrected chi connectivity index (χ2v) is 13.4. The van der Waals surface area contributed by atoms with E-state index in [9.17, 15) is 9.59 Å². The molecule has 1 aromatic carbocycles. The Bertz CT molecular complexity index is 1700. The van der Waals surface area contributed by atoms with Gasteiger partial charge >= 0.3 is 12.1 Å². The second kappa shape index (κ2) is 16.0. The number of hydrogen-bond donors (Lipinski definition) is 0. The van der Waals surface area contributed by atoms with E-state index in [-0.39, 0.29) is 24.5 Å². The van der Waals surface area contributed by atoms with Gasteiger partial charge in [0.25, 0.3) is 0 Å². The molecule has 0 radical (unpaired) electrons. The number of fused-ring (bicyclic) bond motifs is 3. The molecule has 0 spiro atoms. The number of anilines is 1. The fourth-order valence-electron chi connectivity index (χ4n) is 6.07. The van der Waals surface area contributed by atoms with Crippen molar-refractivity contribution in [3.63, 3.8) is 0 Å². The zero-order valence-electron chi connectivity index (χ0n) is 26.4. The van der Waals surface area contributed by atoms with E-state index in [1.807, 2.05) is 18.2 Å². The summed E-state index contributed by atoms with van der Waals surface area (Å²) in [4.78, 5) is 39.4. The molecule has 6 heterocycles. The SMILES string of the molecule is COc1ccc([C@H](Cc2c(Cl)c[nH+]cc2Cl)OC(=O)c2ccc(CN(C(=O)O[C@H]3CN4CCC3CC4)c3cccnc3)s2)cc1OC.[OH-]. The topological polar surface area (TPSA) is 135 Å². The standard InChI is InChI=1S/C34H34Cl2N4O6S.H2O/c1-43-28-7-5-22(14-30(28)44-2)29(15-25-26(35)17-38-18-27(25)36)45-33(41)32-8-6-24(47-32)19-40(23-4-3-11-37-16-23)34(42)46-31-20-39-12-9-21(31)10-13-39;/h3-8,11,14,16-18,21,29,31H,9-10,12-13,15,19-20H2,1-2H3;1H2/t29-,31-;/m0./s1. The molecule has 3 aliphatic rings. The van der Waals surface area contributed by atoms with Crippen LogP contribution in [0.15, 0.2) is 67.3 Å². The summed E-state index contributed by atoms with van der Waals surface area (Å²) in [5.74, 6) is 0.877. The Morgan fingerprint density at radius 3 is 2.46 bits per heavy atom. The molecule has 3 saturated heterocycles. The number of methoxy groups -OCH3 is 2. The molecular formula is C34H36Cl2N4O7S. The van der Waals surface area contributed by atoms with Crippen molar-refractivity contribution < 1.29 is 39.0 Å². The maximum absolute atomic E-state index is 13.6. The number of thiophene rings is 1. The predicted molar refractivity (Wildman–Crippen MR) is 181 cm³/mol. The van der Waals surface area contributed by atoms with Crippen LogP contribution in [0.3, 0.4) is 0 Å². The second-order valence-electron chi connectivity index (χ2n) is 11.5. The van der Waals surface area contributed by atoms with Crippen LogP contribution in [0.4, 0.5) is 10.5 Å². The number of esters is 1. The first-order valence-corrected chi connectivity index (χ1v) is 16.9. The summed E-state index contributed by atoms with van der Waals surface area (Å²) in [5.41, 5.74) is 1.91. The Morgan fingerprint density at radius 2 is 1.81 bits per heavy atom. The van der Waals surface area contributed by atoms with E-state index >= 15 is 0 Å². The number of halogens is 2. The molecule has 7 rings (SSSR count). The van der Waals surface area contributed by atoms with E-state index in [0.29, 0.717) is 49.2 Å². The highest BCUT2D eigenvalue weighted by molar-refractivity contribution is 7.14. The predicted octanol–water partition coefficient (Wildman–Crippen LogP) is 6.48. The van der Waals surface area contributed by atoms with Gasteiger partial charge in [-0.1, -0.05) is 29.3 Å². The molecule has 3 fully saturated rings. The molecule has 48 heavy (non-hydrogen) atoms. The minimum atomic E-state index is -0.756. The van der Waals surface area contributed by atoms with Crippen LogP contribution in [0.5, 0.6) is 11.5 Å². The van der Waals surface area contributed by atoms with Crippen LogP contribution >= 0.6 is 34.5 Å². The number of hydrogen-bond acceptors (Lipinski definition) is 10. The molecule has 2 N–H and O–H groups in total. The number of carbonyl (C=O) groups excluding carboxylic acids is 2. The van der Waals surface area contributed by atoms with Crippen LogP contribution in [-0.4, -0.2) is 67.4 Å². The number of nitrogens with one attached hydrogen (secondary N) is 1. The van der Waals surface area contributed by atoms with Gasteiger partial charge in [-0.15, -0.1) is 11.3 Å². The van der Waals surface area contributed by atoms with Crippen molar-refractivity contribution >= 4 is 52.3 Å². The molecule has 254 valence electrons. The smallest absolute Gasteiger partial charge is 0.415 e. The third kappa shape index (κ3) is 8.01. The van der Waals surface area contributed by atoms with E-state index in [1.165, 1.54) is 18.4 Å². The maximum atomic E-state index is 13.6. The van der Waals surface area contributed by atoms with Gasteiger partial charge in [0.05, 0.1) is 32.6 Å². The number of H-pyrrole nitrogens is 1. The molecule has 0 unspecified atom stereocenters. The number of aromatic amines is 1. The highest BCUT2D eigenvalue weighted by atomic mass is 35.5. The number of rotatable bonds is 11. The Labute approximate surface area is 292 Å². The number of piperidine rings is 3. The van der Waals surface area contributed by atoms with Crippen LogP contribution in [0.1, 0.15) is 44.6 Å². The van der Waals surface area contributed by atoms with Crippen LogP contribution in [0.25, 0.3) is 0 Å². The number of amides is 1. The van der Waals surface area contributed by atoms with Crippen molar-refractivity contribution in [3.8, 4) is 11.5 Å². The molecule has 2 atom stereocenters. The quantitative estimate of drug-likeness (QED) is 0.160. The van der Waals surface area contributed by atoms with E-state index in [4.69, 9.17) is 42.1 Å². The van der Waals surface area contributed by atoms with E-state index in [2.05, 4.69) is 14.9 Å². The Balaban J connectivity index is 0.00000451. The van der Waals surface area contributed by atoms with Crippen molar-refractivity contribution in [1.29, 1.82) is 0 Å². The van der Waals surface area contributed by atoms with Crippen molar-refractivity contribution in [1.82, 2.24) is 9.88 Å². The summed E-state index contributed by atoms with van der Waals surface area (Å²) in [6.45, 7) is 3.06. The van der Waals surface area contributed by atoms with Gasteiger partial charge in [-0.3, -0.25) is 14.8 Å². The average Bonchev–Trinajstić information content (AvgIpc) is 3.58. The van der Waals surface area contributed by atoms with Gasteiger partial charge in [0.2, 0.25) is 0 Å². The van der Waals surface area contributed by atoms with Gasteiger partial charge in [-0.2, -0.15) is 0 Å². The van der Waals surface area contributed by atoms with E-state index in [1.54, 1.807) is 61.1 Å². The Hall–Kier alpha value is -3.94. The number of ether oxygens (including phenoxy) is 4. The molecular weight excluding hydrogens is 679 g/mol. The third-order valence-corrected chi connectivity index (χ3v) is 10.3. The van der Waals surface area contributed by atoms with Gasteiger partial charge in [-0.25, -0.2) is 14.6 Å². The molecule has 0 saturated carbocycles. The fraction of sp³-hybridized carbons (Fsp3) is 0.353. The summed E-state index contributed by atoms with van der Waals surface area (Å²) < 4.78 is 23.1. The molecule has 2 bridgehead atoms. The molecule has 0 aliphatic carbocycles. The van der Waals surface area contributed by atoms with Crippen molar-refractivity contribution in [2.75, 3.05) is 38.8 Å². The normalized spacial score (nSPS) is 18.7. The first-order chi connectivity index (χ1) is 22.8. The summed E-state index contributed by atoms with van der Waals surface area (Å²) >= 11 is 14.2. The minimum Gasteiger partial charge on any atom is -0.870 e. The van der Waals surface area contributed by atoms with Crippen molar-refractivity contribution in [2.45, 2.75) is 38.0 Å². The monoisotopic (exact) mass is 714 g/mol. The number of pyridine rings is 2. The molecule has 1 amide bonds. The number of nitrogens with zero attached hydrogens (tertiary/aromatic N) is 3. The molecule has 3 aliphatic heterocycles. The lowest BCUT2D eigenvalue weighted by Gasteiger charge is -2.44. The zero-order chi connectivity index (χ0) is 32.9. The Morgan fingerprint density at radius 1 is 1.06 bits per heavy atom. The molecule has 14 heteroatoms. The molecule has 4 aromatic rings. The lowest BCUT2D eigenvalue weighted by Crippen LogP contribution is -2.53. The summed E-state index contributed by atoms with van der Waals surface area (Å²) in [7, 11) is 3.09. The third-order valence-electron chi connectivity index (χ3n) is 8.62. The van der Waals surface area contributed by atoms with E-state index in [0.717, 1.165) is 37.4 Å². The zero-order valence-corrected chi connectivity index (χ0v) is 28.8. The van der Waals surface area contributed by atoms with Crippen molar-refractivity contribution in [3.05, 3.63) is 98.2 Å². The summed E-state index contributed by atoms with van der Waals surface area (Å²) in [6, 6.07) is 12.4. The summed E-state index contributed by atoms with van der Waals surface area (Å²) in [5, 5.41) is 0.830. The highest BCUT2D eigenvalue weighted by Crippen LogP contribution is 2.36. The lowest BCUT2D eigenvalue weighted by atomic mass is 9.86. The number of aromatic nitrogens is 2. The van der Waals surface area contributed by atoms with E-state index < -0.39 is 18.2 Å². The largest absolute Gasteiger partial charge is 0.870 e. The number of benzene rings is 1. The Kier molecular flexibility index (Phi) is 11.8. The van der Waals surface area contributed by atoms with Crippen LogP contribution < -0.4 is 19.4 Å². The molecule has 11 nitrogen and oxygen atoms in total. The average molecular weight is 716 g/mol. The van der Waals surface area contributed by atoms with Gasteiger partial charge < -0.3 is 24.4 Å². The maximum Gasteiger partial charge on any atom is 0.415 e. The first kappa shape index (κ1) is 35.4.